The van der Waals surface area contributed by atoms with Gasteiger partial charge in [0.15, 0.2) is 0 Å². The molecular formula is C11H22N20O2. The third-order valence-electron chi connectivity index (χ3n) is 3.05. The Labute approximate surface area is 186 Å². The minimum absolute atomic E-state index is 0.506. The summed E-state index contributed by atoms with van der Waals surface area (Å²) in [5.41, 5.74) is -0.506. The standard InChI is InChI=1S/C11H22N20O2/c1-5-9-32-10-7-8-11(3,6-2)33-31-30-29-28-27-26-25-24-23-22-21-20-19-18-17-16-15-14-13-12-4/h5H,1,6-10H2,2-4H3. The first-order chi connectivity index (χ1) is 16.2. The van der Waals surface area contributed by atoms with Gasteiger partial charge in [0, 0.05) is 64.1 Å². The van der Waals surface area contributed by atoms with Crippen molar-refractivity contribution in [3.05, 3.63) is 12.7 Å². The SMILES string of the molecule is C=CCOCCCC(C)(CC)ON=NN=NN=NN=NN=NN=NN=NN=NN=NN=NC. The Kier molecular flexibility index (Phi) is 19.2. The van der Waals surface area contributed by atoms with Gasteiger partial charge in [-0.1, -0.05) is 13.0 Å². The smallest absolute Gasteiger partial charge is 0.136 e. The minimum Gasteiger partial charge on any atom is -0.377 e. The first-order valence-corrected chi connectivity index (χ1v) is 8.94. The third kappa shape index (κ3) is 20.5. The molecule has 0 rings (SSSR count). The maximum atomic E-state index is 5.35. The number of hydrogen-bond acceptors (Lipinski definition) is 4. The summed E-state index contributed by atoms with van der Waals surface area (Å²) in [5.74, 6) is 0. The lowest BCUT2D eigenvalue weighted by atomic mass is 9.97. The van der Waals surface area contributed by atoms with Crippen molar-refractivity contribution in [2.75, 3.05) is 20.3 Å². The maximum Gasteiger partial charge on any atom is 0.136 e. The fraction of sp³-hybridized carbons (Fsp3) is 0.818. The van der Waals surface area contributed by atoms with Gasteiger partial charge in [0.05, 0.1) is 13.7 Å². The molecule has 0 aliphatic heterocycles. The van der Waals surface area contributed by atoms with Crippen molar-refractivity contribution >= 4 is 0 Å². The highest BCUT2D eigenvalue weighted by atomic mass is 16.7. The van der Waals surface area contributed by atoms with Gasteiger partial charge in [-0.2, -0.15) is 5.11 Å². The molecule has 178 valence electrons. The van der Waals surface area contributed by atoms with Crippen LogP contribution >= 0.6 is 0 Å². The summed E-state index contributed by atoms with van der Waals surface area (Å²) in [4.78, 5) is 5.35. The van der Waals surface area contributed by atoms with Crippen LogP contribution in [0.1, 0.15) is 33.1 Å². The van der Waals surface area contributed by atoms with Crippen molar-refractivity contribution < 1.29 is 9.57 Å². The van der Waals surface area contributed by atoms with Crippen molar-refractivity contribution in [2.24, 2.45) is 104 Å². The van der Waals surface area contributed by atoms with Crippen LogP contribution < -0.4 is 0 Å². The van der Waals surface area contributed by atoms with Crippen LogP contribution in [-0.2, 0) is 9.57 Å². The summed E-state index contributed by atoms with van der Waals surface area (Å²) in [5, 5.41) is 62.7. The van der Waals surface area contributed by atoms with Gasteiger partial charge in [0.1, 0.15) is 5.60 Å². The predicted octanol–water partition coefficient (Wildman–Crippen LogP) is 6.46. The Bertz CT molecular complexity index is 796. The molecule has 1 atom stereocenters. The van der Waals surface area contributed by atoms with Crippen LogP contribution in [0, 0.1) is 0 Å². The number of ether oxygens (including phenoxy) is 1. The Morgan fingerprint density at radius 2 is 1.12 bits per heavy atom. The molecule has 0 amide bonds. The molecule has 0 aliphatic rings. The summed E-state index contributed by atoms with van der Waals surface area (Å²) in [6.45, 7) is 8.55. The van der Waals surface area contributed by atoms with Crippen LogP contribution in [0.15, 0.2) is 117 Å². The zero-order chi connectivity index (χ0) is 24.3. The molecule has 0 N–H and O–H groups in total. The first-order valence-electron chi connectivity index (χ1n) is 8.94. The lowest BCUT2D eigenvalue weighted by Gasteiger charge is -2.24. The van der Waals surface area contributed by atoms with Crippen molar-refractivity contribution in [3.8, 4) is 0 Å². The molecule has 1 unspecified atom stereocenters. The molecule has 0 radical (unpaired) electrons. The lowest BCUT2D eigenvalue weighted by Crippen LogP contribution is -2.25. The van der Waals surface area contributed by atoms with Crippen LogP contribution in [0.5, 0.6) is 0 Å². The molecule has 0 bridgehead atoms. The second-order valence-corrected chi connectivity index (χ2v) is 5.25. The van der Waals surface area contributed by atoms with Crippen molar-refractivity contribution in [2.45, 2.75) is 38.7 Å². The van der Waals surface area contributed by atoms with E-state index in [1.807, 2.05) is 13.8 Å². The second-order valence-electron chi connectivity index (χ2n) is 5.25. The van der Waals surface area contributed by atoms with E-state index < -0.39 is 5.60 Å². The van der Waals surface area contributed by atoms with E-state index in [-0.39, 0.29) is 0 Å². The first kappa shape index (κ1) is 28.5. The monoisotopic (exact) mass is 466 g/mol. The lowest BCUT2D eigenvalue weighted by molar-refractivity contribution is -0.0546. The Morgan fingerprint density at radius 3 is 1.52 bits per heavy atom. The van der Waals surface area contributed by atoms with Crippen molar-refractivity contribution in [1.82, 2.24) is 0 Å². The Morgan fingerprint density at radius 1 is 0.697 bits per heavy atom. The van der Waals surface area contributed by atoms with Gasteiger partial charge >= 0.3 is 0 Å². The topological polar surface area (TPSA) is 266 Å². The highest BCUT2D eigenvalue weighted by Crippen LogP contribution is 2.22. The second kappa shape index (κ2) is 22.2. The third-order valence-corrected chi connectivity index (χ3v) is 3.05. The molecule has 0 saturated heterocycles. The quantitative estimate of drug-likeness (QED) is 0.0951. The Balaban J connectivity index is 4.09. The molecule has 0 aromatic rings. The highest BCUT2D eigenvalue weighted by Gasteiger charge is 2.23. The van der Waals surface area contributed by atoms with E-state index in [1.165, 1.54) is 7.05 Å². The van der Waals surface area contributed by atoms with Crippen LogP contribution in [0.25, 0.3) is 0 Å². The Hall–Kier alpha value is -4.50. The zero-order valence-electron chi connectivity index (χ0n) is 18.1. The largest absolute Gasteiger partial charge is 0.377 e. The maximum absolute atomic E-state index is 5.35. The number of nitrogens with zero attached hydrogens (tertiary/aromatic N) is 20. The normalized spacial score (nSPS) is 15.6. The van der Waals surface area contributed by atoms with Crippen LogP contribution in [0.3, 0.4) is 0 Å². The molecular weight excluding hydrogens is 444 g/mol. The summed E-state index contributed by atoms with van der Waals surface area (Å²) in [7, 11) is 1.40. The molecule has 0 spiro atoms. The summed E-state index contributed by atoms with van der Waals surface area (Å²) in [6, 6.07) is 0. The highest BCUT2D eigenvalue weighted by molar-refractivity contribution is 4.72. The van der Waals surface area contributed by atoms with Gasteiger partial charge in [0.2, 0.25) is 0 Å². The average Bonchev–Trinajstić information content (AvgIpc) is 2.82. The zero-order valence-corrected chi connectivity index (χ0v) is 18.1. The number of hydrogen-bond donors (Lipinski definition) is 0. The van der Waals surface area contributed by atoms with Crippen molar-refractivity contribution in [1.29, 1.82) is 0 Å². The van der Waals surface area contributed by atoms with E-state index in [1.54, 1.807) is 6.08 Å². The van der Waals surface area contributed by atoms with E-state index in [0.29, 0.717) is 19.6 Å². The molecule has 0 heterocycles. The molecule has 0 aromatic carbocycles. The fourth-order valence-corrected chi connectivity index (χ4v) is 1.46. The summed E-state index contributed by atoms with van der Waals surface area (Å²) < 4.78 is 5.32. The average molecular weight is 466 g/mol. The van der Waals surface area contributed by atoms with Crippen LogP contribution in [0.4, 0.5) is 0 Å². The molecule has 0 aliphatic carbocycles. The van der Waals surface area contributed by atoms with Gasteiger partial charge in [0.25, 0.3) is 0 Å². The van der Waals surface area contributed by atoms with Gasteiger partial charge in [-0.25, -0.2) is 0 Å². The van der Waals surface area contributed by atoms with Gasteiger partial charge in [-0.15, -0.1) is 6.58 Å². The van der Waals surface area contributed by atoms with E-state index in [4.69, 9.17) is 9.57 Å². The minimum atomic E-state index is -0.506. The van der Waals surface area contributed by atoms with E-state index in [2.05, 4.69) is 111 Å². The molecule has 0 aromatic heterocycles. The van der Waals surface area contributed by atoms with Crippen LogP contribution in [0.2, 0.25) is 0 Å². The van der Waals surface area contributed by atoms with E-state index >= 15 is 0 Å². The van der Waals surface area contributed by atoms with Crippen LogP contribution in [-0.4, -0.2) is 25.9 Å². The summed E-state index contributed by atoms with van der Waals surface area (Å²) in [6.07, 6.45) is 3.92. The predicted molar refractivity (Wildman–Crippen MR) is 105 cm³/mol. The van der Waals surface area contributed by atoms with Crippen molar-refractivity contribution in [3.63, 3.8) is 0 Å². The molecule has 0 saturated carbocycles. The van der Waals surface area contributed by atoms with E-state index in [9.17, 15) is 0 Å². The van der Waals surface area contributed by atoms with Gasteiger partial charge in [-0.05, 0) is 68.0 Å². The molecule has 0 fully saturated rings. The fourth-order valence-electron chi connectivity index (χ4n) is 1.46. The molecule has 22 heteroatoms. The molecule has 22 nitrogen and oxygen atoms in total. The van der Waals surface area contributed by atoms with E-state index in [0.717, 1.165) is 12.8 Å². The molecule has 33 heavy (non-hydrogen) atoms. The van der Waals surface area contributed by atoms with Gasteiger partial charge < -0.3 is 9.57 Å². The summed E-state index contributed by atoms with van der Waals surface area (Å²) >= 11 is 0. The van der Waals surface area contributed by atoms with Gasteiger partial charge in [-0.3, -0.25) is 0 Å². The number of rotatable bonds is 18.